The van der Waals surface area contributed by atoms with E-state index in [9.17, 15) is 9.59 Å². The van der Waals surface area contributed by atoms with E-state index in [1.807, 2.05) is 0 Å². The van der Waals surface area contributed by atoms with Crippen LogP contribution in [0.3, 0.4) is 0 Å². The average molecular weight is 141 g/mol. The molecule has 0 aliphatic carbocycles. The fourth-order valence-electron chi connectivity index (χ4n) is 0.357. The average Bonchev–Trinajstić information content (AvgIpc) is 1.89. The Hall–Kier alpha value is -1.41. The van der Waals surface area contributed by atoms with E-state index in [4.69, 9.17) is 0 Å². The summed E-state index contributed by atoms with van der Waals surface area (Å²) in [4.78, 5) is 22.9. The fourth-order valence-corrected chi connectivity index (χ4v) is 0.357. The van der Waals surface area contributed by atoms with Crippen molar-refractivity contribution in [3.8, 4) is 0 Å². The molecular weight excluding hydrogens is 134 g/mol. The third-order valence-corrected chi connectivity index (χ3v) is 0.779. The first-order valence-corrected chi connectivity index (χ1v) is 2.54. The van der Waals surface area contributed by atoms with Crippen LogP contribution in [0.5, 0.6) is 0 Å². The molecule has 0 heterocycles. The van der Waals surface area contributed by atoms with Crippen molar-refractivity contribution in [3.63, 3.8) is 0 Å². The quantitative estimate of drug-likeness (QED) is 0.242. The van der Waals surface area contributed by atoms with Gasteiger partial charge in [0.25, 0.3) is 5.91 Å². The first kappa shape index (κ1) is 8.59. The summed E-state index contributed by atoms with van der Waals surface area (Å²) in [6.45, 7) is 1.49. The smallest absolute Gasteiger partial charge is 0.286 e. The lowest BCUT2D eigenvalue weighted by atomic mass is 10.3. The zero-order chi connectivity index (χ0) is 7.98. The van der Waals surface area contributed by atoms with Crippen LogP contribution >= 0.6 is 0 Å². The predicted molar refractivity (Wildman–Crippen MR) is 33.9 cm³/mol. The van der Waals surface area contributed by atoms with Gasteiger partial charge in [-0.3, -0.25) is 4.79 Å². The molecule has 0 unspecified atom stereocenters. The Morgan fingerprint density at radius 2 is 2.30 bits per heavy atom. The molecule has 0 aromatic carbocycles. The number of carbonyl (C=O) groups is 1. The molecule has 0 atom stereocenters. The van der Waals surface area contributed by atoms with E-state index >= 15 is 0 Å². The highest BCUT2D eigenvalue weighted by atomic mass is 16.5. The van der Waals surface area contributed by atoms with Crippen LogP contribution in [0.2, 0.25) is 0 Å². The minimum absolute atomic E-state index is 0.269. The Bertz CT molecular complexity index is 201. The Labute approximate surface area is 58.2 Å². The number of ether oxygens (including phenoxy) is 1. The van der Waals surface area contributed by atoms with Crippen molar-refractivity contribution < 1.29 is 14.3 Å². The SMILES string of the molecule is CO/C=C(\C)C(=O)N=C=O. The Kier molecular flexibility index (Phi) is 3.84. The molecule has 0 aliphatic heterocycles. The van der Waals surface area contributed by atoms with E-state index in [0.717, 1.165) is 6.08 Å². The molecule has 0 saturated carbocycles. The number of aliphatic imine (C=N–C) groups is 1. The molecule has 0 bridgehead atoms. The maximum Gasteiger partial charge on any atom is 0.286 e. The summed E-state index contributed by atoms with van der Waals surface area (Å²) in [6, 6.07) is 0. The molecular formula is C6H7NO3. The van der Waals surface area contributed by atoms with Gasteiger partial charge in [0, 0.05) is 0 Å². The van der Waals surface area contributed by atoms with Gasteiger partial charge >= 0.3 is 0 Å². The number of carbonyl (C=O) groups excluding carboxylic acids is 2. The van der Waals surface area contributed by atoms with Crippen LogP contribution < -0.4 is 0 Å². The summed E-state index contributed by atoms with van der Waals surface area (Å²) in [6.07, 6.45) is 2.35. The second-order valence-corrected chi connectivity index (χ2v) is 1.54. The standard InChI is InChI=1S/C6H7NO3/c1-5(3-10-2)6(9)7-4-8/h3H,1-2H3/b5-3+. The Morgan fingerprint density at radius 1 is 1.70 bits per heavy atom. The topological polar surface area (TPSA) is 55.7 Å². The molecule has 0 aromatic heterocycles. The maximum absolute atomic E-state index is 10.6. The summed E-state index contributed by atoms with van der Waals surface area (Å²) in [5.41, 5.74) is 0.269. The minimum atomic E-state index is -0.628. The number of hydrogen-bond acceptors (Lipinski definition) is 3. The lowest BCUT2D eigenvalue weighted by molar-refractivity contribution is -0.114. The maximum atomic E-state index is 10.6. The molecule has 4 heteroatoms. The van der Waals surface area contributed by atoms with E-state index < -0.39 is 5.91 Å². The number of methoxy groups -OCH3 is 1. The first-order valence-electron chi connectivity index (χ1n) is 2.54. The first-order chi connectivity index (χ1) is 4.72. The molecule has 10 heavy (non-hydrogen) atoms. The number of rotatable bonds is 2. The lowest BCUT2D eigenvalue weighted by Crippen LogP contribution is -1.94. The monoisotopic (exact) mass is 141 g/mol. The molecule has 0 N–H and O–H groups in total. The molecule has 0 aliphatic rings. The molecule has 0 saturated heterocycles. The highest BCUT2D eigenvalue weighted by Gasteiger charge is 1.99. The van der Waals surface area contributed by atoms with Crippen LogP contribution in [-0.2, 0) is 14.3 Å². The van der Waals surface area contributed by atoms with Crippen molar-refractivity contribution >= 4 is 12.0 Å². The minimum Gasteiger partial charge on any atom is -0.504 e. The molecule has 4 nitrogen and oxygen atoms in total. The number of isocyanates is 1. The van der Waals surface area contributed by atoms with Crippen molar-refractivity contribution in [2.75, 3.05) is 7.11 Å². The molecule has 1 amide bonds. The van der Waals surface area contributed by atoms with Gasteiger partial charge in [-0.05, 0) is 6.92 Å². The van der Waals surface area contributed by atoms with Gasteiger partial charge in [0.05, 0.1) is 18.9 Å². The van der Waals surface area contributed by atoms with Crippen LogP contribution in [0.4, 0.5) is 0 Å². The van der Waals surface area contributed by atoms with Gasteiger partial charge in [-0.15, -0.1) is 4.99 Å². The Balaban J connectivity index is 4.21. The number of hydrogen-bond donors (Lipinski definition) is 0. The van der Waals surface area contributed by atoms with Crippen LogP contribution in [0.25, 0.3) is 0 Å². The third-order valence-electron chi connectivity index (χ3n) is 0.779. The zero-order valence-corrected chi connectivity index (χ0v) is 5.75. The van der Waals surface area contributed by atoms with Gasteiger partial charge < -0.3 is 4.74 Å². The second kappa shape index (κ2) is 4.47. The van der Waals surface area contributed by atoms with Crippen LogP contribution in [0, 0.1) is 0 Å². The molecule has 0 rings (SSSR count). The van der Waals surface area contributed by atoms with Crippen molar-refractivity contribution in [3.05, 3.63) is 11.8 Å². The van der Waals surface area contributed by atoms with E-state index in [1.165, 1.54) is 20.3 Å². The van der Waals surface area contributed by atoms with Crippen molar-refractivity contribution in [1.29, 1.82) is 0 Å². The van der Waals surface area contributed by atoms with Gasteiger partial charge in [0.2, 0.25) is 6.08 Å². The van der Waals surface area contributed by atoms with Gasteiger partial charge in [-0.1, -0.05) is 0 Å². The zero-order valence-electron chi connectivity index (χ0n) is 5.75. The molecule has 0 fully saturated rings. The normalized spacial score (nSPS) is 10.0. The van der Waals surface area contributed by atoms with E-state index in [0.29, 0.717) is 0 Å². The number of amides is 1. The summed E-state index contributed by atoms with van der Waals surface area (Å²) in [5, 5.41) is 0. The van der Waals surface area contributed by atoms with E-state index in [2.05, 4.69) is 9.73 Å². The van der Waals surface area contributed by atoms with E-state index in [-0.39, 0.29) is 5.57 Å². The van der Waals surface area contributed by atoms with E-state index in [1.54, 1.807) is 0 Å². The molecule has 54 valence electrons. The van der Waals surface area contributed by atoms with Gasteiger partial charge in [0.1, 0.15) is 0 Å². The van der Waals surface area contributed by atoms with Crippen molar-refractivity contribution in [2.45, 2.75) is 6.92 Å². The van der Waals surface area contributed by atoms with Crippen LogP contribution in [0.15, 0.2) is 16.8 Å². The van der Waals surface area contributed by atoms with Crippen molar-refractivity contribution in [2.24, 2.45) is 4.99 Å². The molecule has 0 aromatic rings. The second-order valence-electron chi connectivity index (χ2n) is 1.54. The number of nitrogens with zero attached hydrogens (tertiary/aromatic N) is 1. The third kappa shape index (κ3) is 2.79. The summed E-state index contributed by atoms with van der Waals surface area (Å²) in [7, 11) is 1.40. The van der Waals surface area contributed by atoms with Gasteiger partial charge in [0.15, 0.2) is 0 Å². The Morgan fingerprint density at radius 3 is 2.70 bits per heavy atom. The summed E-state index contributed by atoms with van der Waals surface area (Å²) < 4.78 is 4.50. The van der Waals surface area contributed by atoms with Crippen LogP contribution in [-0.4, -0.2) is 19.1 Å². The molecule has 0 radical (unpaired) electrons. The molecule has 0 spiro atoms. The highest BCUT2D eigenvalue weighted by molar-refractivity contribution is 5.95. The highest BCUT2D eigenvalue weighted by Crippen LogP contribution is 1.93. The van der Waals surface area contributed by atoms with Gasteiger partial charge in [-0.2, -0.15) is 0 Å². The van der Waals surface area contributed by atoms with Crippen molar-refractivity contribution in [1.82, 2.24) is 0 Å². The lowest BCUT2D eigenvalue weighted by Gasteiger charge is -1.89. The predicted octanol–water partition coefficient (Wildman–Crippen LogP) is 0.399. The summed E-state index contributed by atoms with van der Waals surface area (Å²) >= 11 is 0. The fraction of sp³-hybridized carbons (Fsp3) is 0.333. The summed E-state index contributed by atoms with van der Waals surface area (Å²) in [5.74, 6) is -0.628. The van der Waals surface area contributed by atoms with Crippen LogP contribution in [0.1, 0.15) is 6.92 Å². The van der Waals surface area contributed by atoms with Gasteiger partial charge in [-0.25, -0.2) is 4.79 Å². The largest absolute Gasteiger partial charge is 0.504 e.